The lowest BCUT2D eigenvalue weighted by molar-refractivity contribution is 0.0949. The number of carbonyl (C=O) groups is 1. The van der Waals surface area contributed by atoms with E-state index in [0.717, 1.165) is 16.7 Å². The fraction of sp³-hybridized carbons (Fsp3) is 0.238. The summed E-state index contributed by atoms with van der Waals surface area (Å²) in [5.41, 5.74) is 3.80. The van der Waals surface area contributed by atoms with Gasteiger partial charge in [0.25, 0.3) is 11.5 Å². The summed E-state index contributed by atoms with van der Waals surface area (Å²) >= 11 is 0. The highest BCUT2D eigenvalue weighted by atomic mass is 16.5. The van der Waals surface area contributed by atoms with Gasteiger partial charge in [0.15, 0.2) is 17.2 Å². The van der Waals surface area contributed by atoms with Crippen LogP contribution in [0.3, 0.4) is 0 Å². The number of amides is 1. The van der Waals surface area contributed by atoms with Crippen LogP contribution in [-0.4, -0.2) is 34.6 Å². The van der Waals surface area contributed by atoms with E-state index in [0.29, 0.717) is 41.2 Å². The Bertz CT molecular complexity index is 1180. The van der Waals surface area contributed by atoms with Crippen LogP contribution in [0.15, 0.2) is 52.4 Å². The Hall–Kier alpha value is -3.68. The second kappa shape index (κ2) is 7.75. The average molecular weight is 392 g/mol. The van der Waals surface area contributed by atoms with E-state index in [2.05, 4.69) is 15.6 Å². The van der Waals surface area contributed by atoms with Crippen LogP contribution >= 0.6 is 0 Å². The molecule has 1 N–H and O–H groups in total. The van der Waals surface area contributed by atoms with E-state index in [9.17, 15) is 9.59 Å². The minimum Gasteiger partial charge on any atom is -0.490 e. The van der Waals surface area contributed by atoms with Crippen LogP contribution in [0.1, 0.15) is 29.4 Å². The topological polar surface area (TPSA) is 94.8 Å². The predicted octanol–water partition coefficient (Wildman–Crippen LogP) is 2.25. The molecule has 2 aromatic carbocycles. The first kappa shape index (κ1) is 18.7. The second-order valence-corrected chi connectivity index (χ2v) is 6.67. The van der Waals surface area contributed by atoms with E-state index < -0.39 is 5.91 Å². The molecule has 4 rings (SSSR count). The zero-order valence-corrected chi connectivity index (χ0v) is 16.1. The van der Waals surface area contributed by atoms with Gasteiger partial charge >= 0.3 is 0 Å². The third-order valence-electron chi connectivity index (χ3n) is 4.66. The van der Waals surface area contributed by atoms with E-state index in [4.69, 9.17) is 9.47 Å². The molecule has 1 aliphatic heterocycles. The number of nitrogens with zero attached hydrogens (tertiary/aromatic N) is 3. The molecule has 3 aromatic rings. The number of carbonyl (C=O) groups excluding carboxylic acids is 1. The number of hydrogen-bond acceptors (Lipinski definition) is 6. The average Bonchev–Trinajstić information content (AvgIpc) is 2.99. The fourth-order valence-corrected chi connectivity index (χ4v) is 3.11. The first-order valence-corrected chi connectivity index (χ1v) is 9.25. The van der Waals surface area contributed by atoms with Crippen LogP contribution in [0.4, 0.5) is 0 Å². The maximum absolute atomic E-state index is 12.7. The van der Waals surface area contributed by atoms with E-state index >= 15 is 0 Å². The number of hydrazone groups is 1. The number of nitrogens with one attached hydrogen (secondary N) is 1. The Morgan fingerprint density at radius 3 is 2.62 bits per heavy atom. The van der Waals surface area contributed by atoms with Crippen molar-refractivity contribution in [3.8, 4) is 11.5 Å². The zero-order valence-electron chi connectivity index (χ0n) is 16.1. The third kappa shape index (κ3) is 3.69. The lowest BCUT2D eigenvalue weighted by Crippen LogP contribution is -2.27. The second-order valence-electron chi connectivity index (χ2n) is 6.67. The SMILES string of the molecule is C/C(=N/NC(=O)c1nn(C)c(=O)c2ccccc12)c1ccc2c(c1)OCCCO2. The van der Waals surface area contributed by atoms with Crippen molar-refractivity contribution in [2.75, 3.05) is 13.2 Å². The van der Waals surface area contributed by atoms with Crippen molar-refractivity contribution in [2.45, 2.75) is 13.3 Å². The van der Waals surface area contributed by atoms with E-state index in [1.807, 2.05) is 18.2 Å². The van der Waals surface area contributed by atoms with Crippen LogP contribution in [-0.2, 0) is 7.05 Å². The molecule has 0 spiro atoms. The first-order valence-electron chi connectivity index (χ1n) is 9.25. The van der Waals surface area contributed by atoms with E-state index in [1.165, 1.54) is 7.05 Å². The quantitative estimate of drug-likeness (QED) is 0.545. The standard InChI is InChI=1S/C21H20N4O4/c1-13(14-8-9-17-18(12-14)29-11-5-10-28-17)22-23-20(26)19-15-6-3-4-7-16(15)21(27)25(2)24-19/h3-4,6-9,12H,5,10-11H2,1-2H3,(H,23,26)/b22-13-. The molecule has 29 heavy (non-hydrogen) atoms. The first-order chi connectivity index (χ1) is 14.0. The lowest BCUT2D eigenvalue weighted by Gasteiger charge is -2.10. The maximum atomic E-state index is 12.7. The fourth-order valence-electron chi connectivity index (χ4n) is 3.11. The summed E-state index contributed by atoms with van der Waals surface area (Å²) in [5, 5.41) is 9.21. The molecule has 1 amide bonds. The molecule has 0 fully saturated rings. The molecule has 2 heterocycles. The minimum atomic E-state index is -0.495. The summed E-state index contributed by atoms with van der Waals surface area (Å²) in [7, 11) is 1.51. The molecular weight excluding hydrogens is 372 g/mol. The molecule has 0 saturated carbocycles. The molecule has 0 atom stereocenters. The molecule has 8 nitrogen and oxygen atoms in total. The van der Waals surface area contributed by atoms with Gasteiger partial charge in [-0.15, -0.1) is 0 Å². The van der Waals surface area contributed by atoms with Crippen LogP contribution in [0.5, 0.6) is 11.5 Å². The highest BCUT2D eigenvalue weighted by molar-refractivity contribution is 6.06. The van der Waals surface area contributed by atoms with Gasteiger partial charge < -0.3 is 9.47 Å². The molecule has 0 unspecified atom stereocenters. The van der Waals surface area contributed by atoms with Crippen LogP contribution < -0.4 is 20.5 Å². The number of benzene rings is 2. The molecule has 8 heteroatoms. The van der Waals surface area contributed by atoms with Gasteiger partial charge in [-0.1, -0.05) is 18.2 Å². The predicted molar refractivity (Wildman–Crippen MR) is 109 cm³/mol. The van der Waals surface area contributed by atoms with Crippen molar-refractivity contribution in [1.82, 2.24) is 15.2 Å². The van der Waals surface area contributed by atoms with Gasteiger partial charge in [0.1, 0.15) is 0 Å². The highest BCUT2D eigenvalue weighted by Gasteiger charge is 2.16. The van der Waals surface area contributed by atoms with E-state index in [-0.39, 0.29) is 11.3 Å². The normalized spacial score (nSPS) is 13.8. The summed E-state index contributed by atoms with van der Waals surface area (Å²) in [5.74, 6) is 0.862. The molecule has 0 aliphatic carbocycles. The van der Waals surface area contributed by atoms with Crippen LogP contribution in [0.25, 0.3) is 10.8 Å². The van der Waals surface area contributed by atoms with Gasteiger partial charge in [-0.25, -0.2) is 10.1 Å². The smallest absolute Gasteiger partial charge is 0.292 e. The van der Waals surface area contributed by atoms with Crippen LogP contribution in [0.2, 0.25) is 0 Å². The molecule has 0 radical (unpaired) electrons. The zero-order chi connectivity index (χ0) is 20.4. The molecule has 1 aromatic heterocycles. The van der Waals surface area contributed by atoms with Gasteiger partial charge in [0, 0.05) is 24.4 Å². The number of aromatic nitrogens is 2. The number of aryl methyl sites for hydroxylation is 1. The summed E-state index contributed by atoms with van der Waals surface area (Å²) in [4.78, 5) is 24.9. The van der Waals surface area contributed by atoms with Crippen molar-refractivity contribution in [3.63, 3.8) is 0 Å². The highest BCUT2D eigenvalue weighted by Crippen LogP contribution is 2.30. The van der Waals surface area contributed by atoms with Crippen molar-refractivity contribution >= 4 is 22.4 Å². The number of ether oxygens (including phenoxy) is 2. The van der Waals surface area contributed by atoms with Gasteiger partial charge in [0.05, 0.1) is 24.3 Å². The largest absolute Gasteiger partial charge is 0.490 e. The molecule has 0 bridgehead atoms. The molecule has 148 valence electrons. The molecule has 1 aliphatic rings. The number of fused-ring (bicyclic) bond motifs is 2. The van der Waals surface area contributed by atoms with Gasteiger partial charge in [-0.2, -0.15) is 10.2 Å². The summed E-state index contributed by atoms with van der Waals surface area (Å²) < 4.78 is 12.5. The lowest BCUT2D eigenvalue weighted by atomic mass is 10.1. The monoisotopic (exact) mass is 392 g/mol. The van der Waals surface area contributed by atoms with Crippen molar-refractivity contribution in [3.05, 3.63) is 64.1 Å². The number of hydrogen-bond donors (Lipinski definition) is 1. The van der Waals surface area contributed by atoms with E-state index in [1.54, 1.807) is 31.2 Å². The summed E-state index contributed by atoms with van der Waals surface area (Å²) in [6.45, 7) is 3.00. The molecular formula is C21H20N4O4. The Balaban J connectivity index is 1.60. The maximum Gasteiger partial charge on any atom is 0.292 e. The van der Waals surface area contributed by atoms with Crippen molar-refractivity contribution in [1.29, 1.82) is 0 Å². The summed E-state index contributed by atoms with van der Waals surface area (Å²) in [6.07, 6.45) is 0.827. The Morgan fingerprint density at radius 1 is 1.10 bits per heavy atom. The van der Waals surface area contributed by atoms with Crippen molar-refractivity contribution < 1.29 is 14.3 Å². The minimum absolute atomic E-state index is 0.137. The Labute approximate surface area is 166 Å². The molecule has 0 saturated heterocycles. The van der Waals surface area contributed by atoms with Gasteiger partial charge in [-0.05, 0) is 31.2 Å². The van der Waals surface area contributed by atoms with Gasteiger partial charge in [0.2, 0.25) is 0 Å². The van der Waals surface area contributed by atoms with Crippen LogP contribution in [0, 0.1) is 0 Å². The Kier molecular flexibility index (Phi) is 4.99. The Morgan fingerprint density at radius 2 is 1.83 bits per heavy atom. The third-order valence-corrected chi connectivity index (χ3v) is 4.66. The summed E-state index contributed by atoms with van der Waals surface area (Å²) in [6, 6.07) is 12.4. The van der Waals surface area contributed by atoms with Crippen molar-refractivity contribution in [2.24, 2.45) is 12.1 Å². The number of rotatable bonds is 3. The van der Waals surface area contributed by atoms with Gasteiger partial charge in [-0.3, -0.25) is 9.59 Å².